The van der Waals surface area contributed by atoms with Crippen molar-refractivity contribution in [2.75, 3.05) is 8.88 Å². The van der Waals surface area contributed by atoms with Gasteiger partial charge >= 0.3 is 30.1 Å². The van der Waals surface area contributed by atoms with Crippen LogP contribution in [0.3, 0.4) is 0 Å². The third-order valence-electron chi connectivity index (χ3n) is 14.3. The molecule has 5 atom stereocenters. The molecule has 0 aromatic heterocycles. The van der Waals surface area contributed by atoms with Gasteiger partial charge in [0.15, 0.2) is 0 Å². The van der Waals surface area contributed by atoms with Crippen LogP contribution in [-0.4, -0.2) is 0 Å². The summed E-state index contributed by atoms with van der Waals surface area (Å²) >= 11 is 0. The van der Waals surface area contributed by atoms with E-state index in [0.717, 1.165) is 45.4 Å². The maximum atomic E-state index is 17.1. The Morgan fingerprint density at radius 3 is 1.60 bits per heavy atom. The lowest BCUT2D eigenvalue weighted by Gasteiger charge is -2.45. The van der Waals surface area contributed by atoms with Gasteiger partial charge in [0.2, 0.25) is 0 Å². The molecule has 4 aliphatic heterocycles. The van der Waals surface area contributed by atoms with Crippen molar-refractivity contribution in [2.24, 2.45) is 5.92 Å². The van der Waals surface area contributed by atoms with Crippen LogP contribution in [0.25, 0.3) is 27.8 Å². The molecule has 10 nitrogen and oxygen atoms in total. The van der Waals surface area contributed by atoms with Gasteiger partial charge in [-0.25, -0.2) is 27.1 Å². The Morgan fingerprint density at radius 2 is 0.971 bits per heavy atom. The summed E-state index contributed by atoms with van der Waals surface area (Å²) in [7, 11) is -18.2. The number of benzene rings is 6. The summed E-state index contributed by atoms with van der Waals surface area (Å²) in [5.41, 5.74) is 7.19. The molecule has 0 saturated carbocycles. The molecule has 5 unspecified atom stereocenters. The van der Waals surface area contributed by atoms with Gasteiger partial charge in [0.05, 0.1) is 32.6 Å². The molecule has 70 heavy (non-hydrogen) atoms. The van der Waals surface area contributed by atoms with Crippen molar-refractivity contribution in [1.82, 2.24) is 0 Å². The second kappa shape index (κ2) is 16.0. The number of allylic oxidation sites excluding steroid dienone is 11. The van der Waals surface area contributed by atoms with Crippen LogP contribution < -0.4 is 33.1 Å². The highest BCUT2D eigenvalue weighted by atomic mass is 31.2. The molecule has 7 aliphatic rings. The molecule has 6 aromatic carbocycles. The van der Waals surface area contributed by atoms with Crippen LogP contribution in [0.2, 0.25) is 0 Å². The predicted molar refractivity (Wildman–Crippen MR) is 280 cm³/mol. The molecule has 0 N–H and O–H groups in total. The topological polar surface area (TPSA) is 112 Å². The van der Waals surface area contributed by atoms with Crippen LogP contribution in [0, 0.1) is 12.8 Å². The number of para-hydroxylation sites is 3. The summed E-state index contributed by atoms with van der Waals surface area (Å²) < 4.78 is 98.6. The van der Waals surface area contributed by atoms with Gasteiger partial charge in [0, 0.05) is 27.8 Å². The number of nitrogens with zero attached hydrogens (tertiary/aromatic N) is 2. The minimum absolute atomic E-state index is 0.0398. The normalized spacial score (nSPS) is 26.3. The molecule has 0 bridgehead atoms. The summed E-state index contributed by atoms with van der Waals surface area (Å²) in [5.74, 6) is 1.59. The monoisotopic (exact) mass is 998 g/mol. The molecular formula is C56H46N2O8P4. The standard InChI is InChI=1S/C56H46N2O8P4/c1-37-34-35-39(57(67(59)52-30-13-6-22-43(52)40-19-3-10-26-48(40)63-67)68(60)53-31-14-7-23-44(53)41-20-4-11-27-49(41)64-68)36-47(37)58(69(61)54-32-15-8-24-45(54)42-21-5-12-28-50(42)65-69)70(62)55-33-16-9-25-46(55)56-38(2)18-17-29-51(56)66-70/h3-6,9-17,19-22,25-36,38H,7-8,18,23-24H2,1-2H3. The molecule has 13 rings (SSSR count). The van der Waals surface area contributed by atoms with E-state index in [1.54, 1.807) is 54.6 Å². The van der Waals surface area contributed by atoms with Crippen molar-refractivity contribution in [3.05, 3.63) is 215 Å². The van der Waals surface area contributed by atoms with E-state index in [1.165, 1.54) is 8.88 Å². The molecule has 0 amide bonds. The highest BCUT2D eigenvalue weighted by Gasteiger charge is 2.58. The van der Waals surface area contributed by atoms with Crippen LogP contribution in [0.4, 0.5) is 11.4 Å². The third-order valence-corrected chi connectivity index (χ3v) is 25.8. The molecule has 0 saturated heterocycles. The highest BCUT2D eigenvalue weighted by Crippen LogP contribution is 2.79. The zero-order chi connectivity index (χ0) is 47.6. The zero-order valence-electron chi connectivity index (χ0n) is 38.3. The largest absolute Gasteiger partial charge is 0.425 e. The Kier molecular flexibility index (Phi) is 9.94. The van der Waals surface area contributed by atoms with E-state index in [2.05, 4.69) is 6.92 Å². The number of rotatable bonds is 6. The van der Waals surface area contributed by atoms with Crippen molar-refractivity contribution >= 4 is 68.8 Å². The van der Waals surface area contributed by atoms with Crippen LogP contribution >= 0.6 is 30.1 Å². The quantitative estimate of drug-likeness (QED) is 0.150. The molecular weight excluding hydrogens is 953 g/mol. The van der Waals surface area contributed by atoms with Crippen molar-refractivity contribution in [2.45, 2.75) is 46.0 Å². The van der Waals surface area contributed by atoms with Crippen LogP contribution in [0.1, 0.15) is 61.3 Å². The Hall–Kier alpha value is -6.52. The number of hydrogen-bond donors (Lipinski definition) is 0. The van der Waals surface area contributed by atoms with Gasteiger partial charge in [0.25, 0.3) is 0 Å². The molecule has 3 aliphatic carbocycles. The Labute approximate surface area is 407 Å². The van der Waals surface area contributed by atoms with E-state index in [0.29, 0.717) is 81.1 Å². The number of anilines is 2. The van der Waals surface area contributed by atoms with Gasteiger partial charge in [-0.3, -0.25) is 0 Å². The van der Waals surface area contributed by atoms with E-state index in [9.17, 15) is 0 Å². The summed E-state index contributed by atoms with van der Waals surface area (Å²) in [4.78, 5) is 0. The van der Waals surface area contributed by atoms with Crippen LogP contribution in [-0.2, 0) is 22.8 Å². The third kappa shape index (κ3) is 6.26. The Balaban J connectivity index is 1.11. The SMILES string of the molecule is Cc1ccc(N(P2(=O)Oc3ccccc3C3=C2C=CCC3)P2(=O)Oc3ccccc3-c3ccccc32)cc1N(P1(=O)Oc2ccccc2C2=C1C=CCC2)P1(=O)OC2=C(c3ccccc31)C(C)CC=C2. The fourth-order valence-corrected chi connectivity index (χ4v) is 23.5. The van der Waals surface area contributed by atoms with Crippen molar-refractivity contribution in [3.8, 4) is 28.4 Å². The summed E-state index contributed by atoms with van der Waals surface area (Å²) in [6.07, 6.45) is 14.8. The van der Waals surface area contributed by atoms with Gasteiger partial charge in [-0.05, 0) is 128 Å². The lowest BCUT2D eigenvalue weighted by atomic mass is 9.87. The van der Waals surface area contributed by atoms with Gasteiger partial charge in [-0.15, -0.1) is 0 Å². The molecule has 0 spiro atoms. The summed E-state index contributed by atoms with van der Waals surface area (Å²) in [6.45, 7) is 3.95. The van der Waals surface area contributed by atoms with Gasteiger partial charge in [-0.2, -0.15) is 0 Å². The van der Waals surface area contributed by atoms with E-state index in [1.807, 2.05) is 128 Å². The van der Waals surface area contributed by atoms with E-state index in [4.69, 9.17) is 18.1 Å². The van der Waals surface area contributed by atoms with Gasteiger partial charge in [-0.1, -0.05) is 122 Å². The van der Waals surface area contributed by atoms with Crippen molar-refractivity contribution in [3.63, 3.8) is 0 Å². The average Bonchev–Trinajstić information content (AvgIpc) is 3.38. The van der Waals surface area contributed by atoms with E-state index < -0.39 is 30.1 Å². The molecule has 0 fully saturated rings. The second-order valence-electron chi connectivity index (χ2n) is 18.4. The number of aryl methyl sites for hydroxylation is 1. The predicted octanol–water partition coefficient (Wildman–Crippen LogP) is 15.7. The van der Waals surface area contributed by atoms with E-state index in [-0.39, 0.29) is 17.3 Å². The minimum Gasteiger partial charge on any atom is -0.425 e. The summed E-state index contributed by atoms with van der Waals surface area (Å²) in [5, 5.41) is 1.49. The lowest BCUT2D eigenvalue weighted by Crippen LogP contribution is -2.34. The first kappa shape index (κ1) is 43.5. The summed E-state index contributed by atoms with van der Waals surface area (Å²) in [6, 6.07) is 42.3. The smallest absolute Gasteiger partial charge is 0.383 e. The first-order chi connectivity index (χ1) is 34.0. The fourth-order valence-electron chi connectivity index (χ4n) is 11.1. The Morgan fingerprint density at radius 1 is 0.486 bits per heavy atom. The fraction of sp³-hybridized carbons (Fsp3) is 0.143. The second-order valence-corrected chi connectivity index (χ2v) is 27.5. The first-order valence-corrected chi connectivity index (χ1v) is 29.9. The number of fused-ring (bicyclic) bond motifs is 9. The molecule has 6 aromatic rings. The van der Waals surface area contributed by atoms with Crippen LogP contribution in [0.15, 0.2) is 192 Å². The van der Waals surface area contributed by atoms with E-state index >= 15 is 18.3 Å². The first-order valence-electron chi connectivity index (χ1n) is 23.6. The Bertz CT molecular complexity index is 3700. The molecule has 348 valence electrons. The van der Waals surface area contributed by atoms with Crippen molar-refractivity contribution < 1.29 is 36.4 Å². The number of hydrogen-bond acceptors (Lipinski definition) is 8. The van der Waals surface area contributed by atoms with Crippen molar-refractivity contribution in [1.29, 1.82) is 0 Å². The zero-order valence-corrected chi connectivity index (χ0v) is 41.9. The van der Waals surface area contributed by atoms with Crippen LogP contribution in [0.5, 0.6) is 17.2 Å². The lowest BCUT2D eigenvalue weighted by molar-refractivity contribution is 0.415. The maximum absolute atomic E-state index is 17.1. The highest BCUT2D eigenvalue weighted by molar-refractivity contribution is 7.85. The average molecular weight is 999 g/mol. The molecule has 14 heteroatoms. The molecule has 0 radical (unpaired) electrons. The minimum atomic E-state index is -4.57. The van der Waals surface area contributed by atoms with Gasteiger partial charge in [0.1, 0.15) is 23.0 Å². The molecule has 4 heterocycles. The maximum Gasteiger partial charge on any atom is 0.383 e. The van der Waals surface area contributed by atoms with Gasteiger partial charge < -0.3 is 18.1 Å².